The van der Waals surface area contributed by atoms with Gasteiger partial charge >= 0.3 is 0 Å². The molecule has 0 aliphatic heterocycles. The quantitative estimate of drug-likeness (QED) is 0.692. The van der Waals surface area contributed by atoms with E-state index in [1.165, 1.54) is 23.5 Å². The number of halogens is 1. The van der Waals surface area contributed by atoms with Crippen LogP contribution in [0.5, 0.6) is 0 Å². The van der Waals surface area contributed by atoms with Crippen LogP contribution in [0.4, 0.5) is 4.39 Å². The summed E-state index contributed by atoms with van der Waals surface area (Å²) in [6.45, 7) is 0.263. The van der Waals surface area contributed by atoms with E-state index >= 15 is 0 Å². The molecule has 2 rings (SSSR count). The summed E-state index contributed by atoms with van der Waals surface area (Å²) in [4.78, 5) is 0. The first kappa shape index (κ1) is 13.0. The van der Waals surface area contributed by atoms with Crippen LogP contribution < -0.4 is 5.73 Å². The minimum absolute atomic E-state index is 0.263. The van der Waals surface area contributed by atoms with Crippen LogP contribution in [0.3, 0.4) is 0 Å². The lowest BCUT2D eigenvalue weighted by molar-refractivity contribution is 0.627. The van der Waals surface area contributed by atoms with Crippen LogP contribution in [0.1, 0.15) is 11.1 Å². The van der Waals surface area contributed by atoms with Gasteiger partial charge in [-0.2, -0.15) is 0 Å². The van der Waals surface area contributed by atoms with E-state index in [9.17, 15) is 4.39 Å². The van der Waals surface area contributed by atoms with Gasteiger partial charge in [-0.25, -0.2) is 4.39 Å². The number of thioether (sulfide) groups is 1. The second kappa shape index (κ2) is 6.50. The molecule has 0 amide bonds. The van der Waals surface area contributed by atoms with E-state index in [-0.39, 0.29) is 12.4 Å². The van der Waals surface area contributed by atoms with Crippen molar-refractivity contribution in [2.45, 2.75) is 10.1 Å². The maximum absolute atomic E-state index is 13.2. The molecule has 0 atom stereocenters. The van der Waals surface area contributed by atoms with Crippen molar-refractivity contribution in [1.29, 1.82) is 0 Å². The topological polar surface area (TPSA) is 51.8 Å². The van der Waals surface area contributed by atoms with Crippen LogP contribution in [0, 0.1) is 17.7 Å². The molecule has 0 bridgehead atoms. The number of nitrogens with two attached hydrogens (primary N) is 1. The minimum atomic E-state index is -0.291. The SMILES string of the molecule is NCC#Cc1cc(F)ccc1CSc1nncs1. The maximum Gasteiger partial charge on any atom is 0.174 e. The molecular formula is C12H10FN3S2. The second-order valence-electron chi connectivity index (χ2n) is 3.30. The zero-order valence-electron chi connectivity index (χ0n) is 9.39. The molecule has 0 unspecified atom stereocenters. The Kier molecular flexibility index (Phi) is 4.70. The lowest BCUT2D eigenvalue weighted by atomic mass is 10.1. The molecule has 6 heteroatoms. The van der Waals surface area contributed by atoms with Gasteiger partial charge in [0.2, 0.25) is 0 Å². The Morgan fingerprint density at radius 1 is 1.44 bits per heavy atom. The van der Waals surface area contributed by atoms with Gasteiger partial charge in [0.15, 0.2) is 4.34 Å². The third kappa shape index (κ3) is 3.53. The van der Waals surface area contributed by atoms with Crippen molar-refractivity contribution in [3.63, 3.8) is 0 Å². The third-order valence-electron chi connectivity index (χ3n) is 2.09. The Hall–Kier alpha value is -1.42. The third-order valence-corrected chi connectivity index (χ3v) is 4.00. The van der Waals surface area contributed by atoms with Gasteiger partial charge in [-0.15, -0.1) is 10.2 Å². The zero-order valence-corrected chi connectivity index (χ0v) is 11.0. The molecule has 92 valence electrons. The largest absolute Gasteiger partial charge is 0.320 e. The first-order valence-corrected chi connectivity index (χ1v) is 7.02. The predicted molar refractivity (Wildman–Crippen MR) is 71.8 cm³/mol. The molecule has 0 fully saturated rings. The number of rotatable bonds is 3. The number of benzene rings is 1. The highest BCUT2D eigenvalue weighted by Gasteiger charge is 2.05. The van der Waals surface area contributed by atoms with Crippen molar-refractivity contribution in [1.82, 2.24) is 10.2 Å². The number of hydrogen-bond acceptors (Lipinski definition) is 5. The van der Waals surface area contributed by atoms with Crippen molar-refractivity contribution in [3.8, 4) is 11.8 Å². The summed E-state index contributed by atoms with van der Waals surface area (Å²) < 4.78 is 14.0. The molecule has 1 aromatic carbocycles. The van der Waals surface area contributed by atoms with E-state index in [1.54, 1.807) is 23.3 Å². The number of hydrogen-bond donors (Lipinski definition) is 1. The van der Waals surface area contributed by atoms with Crippen molar-refractivity contribution in [2.24, 2.45) is 5.73 Å². The van der Waals surface area contributed by atoms with Crippen LogP contribution >= 0.6 is 23.1 Å². The fourth-order valence-electron chi connectivity index (χ4n) is 1.30. The van der Waals surface area contributed by atoms with E-state index in [0.717, 1.165) is 9.90 Å². The first-order valence-electron chi connectivity index (χ1n) is 5.16. The molecule has 1 aromatic heterocycles. The normalized spacial score (nSPS) is 9.89. The van der Waals surface area contributed by atoms with Crippen molar-refractivity contribution >= 4 is 23.1 Å². The Balaban J connectivity index is 2.16. The van der Waals surface area contributed by atoms with Gasteiger partial charge in [-0.05, 0) is 17.7 Å². The maximum atomic E-state index is 13.2. The van der Waals surface area contributed by atoms with E-state index in [4.69, 9.17) is 5.73 Å². The Morgan fingerprint density at radius 3 is 3.06 bits per heavy atom. The highest BCUT2D eigenvalue weighted by Crippen LogP contribution is 2.25. The van der Waals surface area contributed by atoms with Gasteiger partial charge < -0.3 is 5.73 Å². The van der Waals surface area contributed by atoms with E-state index in [1.807, 2.05) is 0 Å². The highest BCUT2D eigenvalue weighted by molar-refractivity contribution is 8.00. The molecule has 2 N–H and O–H groups in total. The summed E-state index contributed by atoms with van der Waals surface area (Å²) in [7, 11) is 0. The van der Waals surface area contributed by atoms with Gasteiger partial charge in [0.05, 0.1) is 6.54 Å². The van der Waals surface area contributed by atoms with Gasteiger partial charge in [0, 0.05) is 11.3 Å². The van der Waals surface area contributed by atoms with Crippen LogP contribution in [-0.4, -0.2) is 16.7 Å². The van der Waals surface area contributed by atoms with E-state index in [2.05, 4.69) is 22.0 Å². The molecular weight excluding hydrogens is 269 g/mol. The smallest absolute Gasteiger partial charge is 0.174 e. The fraction of sp³-hybridized carbons (Fsp3) is 0.167. The molecule has 0 spiro atoms. The summed E-state index contributed by atoms with van der Waals surface area (Å²) >= 11 is 3.04. The second-order valence-corrected chi connectivity index (χ2v) is 5.36. The van der Waals surface area contributed by atoms with Crippen molar-refractivity contribution in [2.75, 3.05) is 6.54 Å². The molecule has 0 aliphatic carbocycles. The Bertz CT molecular complexity index is 573. The highest BCUT2D eigenvalue weighted by atomic mass is 32.2. The van der Waals surface area contributed by atoms with Gasteiger partial charge in [0.25, 0.3) is 0 Å². The first-order chi connectivity index (χ1) is 8.79. The van der Waals surface area contributed by atoms with Gasteiger partial charge in [-0.3, -0.25) is 0 Å². The number of nitrogens with zero attached hydrogens (tertiary/aromatic N) is 2. The fourth-order valence-corrected chi connectivity index (χ4v) is 2.79. The molecule has 0 aliphatic rings. The Labute approximate surface area is 113 Å². The molecule has 2 aromatic rings. The van der Waals surface area contributed by atoms with Gasteiger partial charge in [0.1, 0.15) is 11.3 Å². The summed E-state index contributed by atoms with van der Waals surface area (Å²) in [6.07, 6.45) is 0. The molecule has 18 heavy (non-hydrogen) atoms. The average Bonchev–Trinajstić information content (AvgIpc) is 2.88. The van der Waals surface area contributed by atoms with Crippen LogP contribution in [0.25, 0.3) is 0 Å². The standard InChI is InChI=1S/C12H10FN3S2/c13-11-4-3-10(9(6-11)2-1-5-14)7-17-12-16-15-8-18-12/h3-4,6,8H,5,7,14H2. The van der Waals surface area contributed by atoms with Crippen LogP contribution in [-0.2, 0) is 5.75 Å². The number of aromatic nitrogens is 2. The monoisotopic (exact) mass is 279 g/mol. The minimum Gasteiger partial charge on any atom is -0.320 e. The summed E-state index contributed by atoms with van der Waals surface area (Å²) in [5, 5.41) is 7.71. The molecule has 1 heterocycles. The molecule has 3 nitrogen and oxygen atoms in total. The van der Waals surface area contributed by atoms with Crippen molar-refractivity contribution < 1.29 is 4.39 Å². The zero-order chi connectivity index (χ0) is 12.8. The molecule has 0 saturated heterocycles. The predicted octanol–water partition coefficient (Wildman–Crippen LogP) is 2.28. The van der Waals surface area contributed by atoms with E-state index < -0.39 is 0 Å². The summed E-state index contributed by atoms with van der Waals surface area (Å²) in [5.74, 6) is 6.02. The van der Waals surface area contributed by atoms with E-state index in [0.29, 0.717) is 11.3 Å². The average molecular weight is 279 g/mol. The lowest BCUT2D eigenvalue weighted by Crippen LogP contribution is -1.95. The Morgan fingerprint density at radius 2 is 2.33 bits per heavy atom. The molecule has 0 radical (unpaired) electrons. The van der Waals surface area contributed by atoms with Crippen LogP contribution in [0.15, 0.2) is 28.0 Å². The van der Waals surface area contributed by atoms with Crippen LogP contribution in [0.2, 0.25) is 0 Å². The van der Waals surface area contributed by atoms with Gasteiger partial charge in [-0.1, -0.05) is 41.0 Å². The van der Waals surface area contributed by atoms with Crippen molar-refractivity contribution in [3.05, 3.63) is 40.7 Å². The summed E-state index contributed by atoms with van der Waals surface area (Å²) in [6, 6.07) is 4.60. The molecule has 0 saturated carbocycles. The lowest BCUT2D eigenvalue weighted by Gasteiger charge is -2.03. The summed E-state index contributed by atoms with van der Waals surface area (Å²) in [5.41, 5.74) is 8.66.